The van der Waals surface area contributed by atoms with E-state index >= 15 is 0 Å². The summed E-state index contributed by atoms with van der Waals surface area (Å²) in [5.74, 6) is -3.12. The van der Waals surface area contributed by atoms with Crippen molar-refractivity contribution in [1.29, 1.82) is 0 Å². The van der Waals surface area contributed by atoms with Gasteiger partial charge in [0.15, 0.2) is 0 Å². The van der Waals surface area contributed by atoms with Crippen molar-refractivity contribution in [1.82, 2.24) is 4.98 Å². The van der Waals surface area contributed by atoms with Crippen molar-refractivity contribution in [2.24, 2.45) is 0 Å². The van der Waals surface area contributed by atoms with E-state index in [2.05, 4.69) is 26.2 Å². The third-order valence-electron chi connectivity index (χ3n) is 2.53. The van der Waals surface area contributed by atoms with Crippen LogP contribution in [0.1, 0.15) is 20.7 Å². The molecule has 0 spiro atoms. The Kier molecular flexibility index (Phi) is 4.54. The van der Waals surface area contributed by atoms with E-state index in [1.54, 1.807) is 0 Å². The van der Waals surface area contributed by atoms with Crippen LogP contribution >= 0.6 is 27.5 Å². The largest absolute Gasteiger partial charge is 0.478 e. The standard InChI is InChI=1S/C13H7BrClFN2O3/c14-6-4-7(11(15)17-5-6)12(19)18-9-3-1-2-8(16)10(9)13(20)21/h1-5H,(H,18,19)(H,20,21). The van der Waals surface area contributed by atoms with Gasteiger partial charge in [0.05, 0.1) is 11.3 Å². The van der Waals surface area contributed by atoms with E-state index in [9.17, 15) is 14.0 Å². The zero-order valence-corrected chi connectivity index (χ0v) is 12.6. The molecule has 0 fully saturated rings. The molecule has 2 N–H and O–H groups in total. The lowest BCUT2D eigenvalue weighted by molar-refractivity contribution is 0.0693. The third kappa shape index (κ3) is 3.37. The summed E-state index contributed by atoms with van der Waals surface area (Å²) in [6, 6.07) is 4.99. The fourth-order valence-corrected chi connectivity index (χ4v) is 2.14. The van der Waals surface area contributed by atoms with Gasteiger partial charge in [-0.3, -0.25) is 4.79 Å². The van der Waals surface area contributed by atoms with Crippen molar-refractivity contribution in [3.8, 4) is 0 Å². The van der Waals surface area contributed by atoms with E-state index in [-0.39, 0.29) is 16.4 Å². The summed E-state index contributed by atoms with van der Waals surface area (Å²) in [5, 5.41) is 11.3. The van der Waals surface area contributed by atoms with Crippen LogP contribution in [0.5, 0.6) is 0 Å². The number of carbonyl (C=O) groups excluding carboxylic acids is 1. The number of anilines is 1. The van der Waals surface area contributed by atoms with Gasteiger partial charge in [0.2, 0.25) is 0 Å². The van der Waals surface area contributed by atoms with Crippen LogP contribution in [-0.4, -0.2) is 22.0 Å². The van der Waals surface area contributed by atoms with Crippen molar-refractivity contribution in [2.45, 2.75) is 0 Å². The molecule has 0 radical (unpaired) electrons. The van der Waals surface area contributed by atoms with Crippen LogP contribution in [0.15, 0.2) is 34.9 Å². The number of carboxylic acids is 1. The molecule has 0 aliphatic rings. The molecule has 108 valence electrons. The predicted molar refractivity (Wildman–Crippen MR) is 78.3 cm³/mol. The highest BCUT2D eigenvalue weighted by atomic mass is 79.9. The van der Waals surface area contributed by atoms with E-state index in [0.29, 0.717) is 4.47 Å². The van der Waals surface area contributed by atoms with Gasteiger partial charge in [-0.05, 0) is 34.1 Å². The van der Waals surface area contributed by atoms with Crippen molar-refractivity contribution >= 4 is 45.1 Å². The quantitative estimate of drug-likeness (QED) is 0.806. The minimum Gasteiger partial charge on any atom is -0.478 e. The maximum absolute atomic E-state index is 13.5. The minimum atomic E-state index is -1.48. The molecule has 1 amide bonds. The number of pyridine rings is 1. The smallest absolute Gasteiger partial charge is 0.340 e. The molecule has 0 saturated carbocycles. The van der Waals surface area contributed by atoms with Crippen molar-refractivity contribution in [3.05, 3.63) is 57.0 Å². The molecule has 0 unspecified atom stereocenters. The molecule has 0 aliphatic carbocycles. The van der Waals surface area contributed by atoms with Gasteiger partial charge in [0, 0.05) is 10.7 Å². The summed E-state index contributed by atoms with van der Waals surface area (Å²) < 4.78 is 14.0. The van der Waals surface area contributed by atoms with Crippen molar-refractivity contribution in [2.75, 3.05) is 5.32 Å². The number of benzene rings is 1. The van der Waals surface area contributed by atoms with Gasteiger partial charge in [-0.15, -0.1) is 0 Å². The first-order valence-corrected chi connectivity index (χ1v) is 6.71. The summed E-state index contributed by atoms with van der Waals surface area (Å²) in [5.41, 5.74) is -0.750. The fourth-order valence-electron chi connectivity index (χ4n) is 1.62. The third-order valence-corrected chi connectivity index (χ3v) is 3.26. The number of nitrogens with zero attached hydrogens (tertiary/aromatic N) is 1. The summed E-state index contributed by atoms with van der Waals surface area (Å²) in [6.45, 7) is 0. The molecule has 0 aliphatic heterocycles. The van der Waals surface area contributed by atoms with Crippen LogP contribution in [0.2, 0.25) is 5.15 Å². The second-order valence-electron chi connectivity index (χ2n) is 3.91. The second kappa shape index (κ2) is 6.19. The number of hydrogen-bond acceptors (Lipinski definition) is 3. The molecule has 1 aromatic carbocycles. The molecule has 21 heavy (non-hydrogen) atoms. The summed E-state index contributed by atoms with van der Waals surface area (Å²) in [4.78, 5) is 26.9. The number of aromatic nitrogens is 1. The highest BCUT2D eigenvalue weighted by Gasteiger charge is 2.19. The van der Waals surface area contributed by atoms with Gasteiger partial charge in [-0.1, -0.05) is 17.7 Å². The van der Waals surface area contributed by atoms with Crippen LogP contribution in [0.4, 0.5) is 10.1 Å². The van der Waals surface area contributed by atoms with Gasteiger partial charge in [0.1, 0.15) is 16.5 Å². The number of rotatable bonds is 3. The van der Waals surface area contributed by atoms with Gasteiger partial charge >= 0.3 is 5.97 Å². The molecule has 0 atom stereocenters. The Morgan fingerprint density at radius 1 is 1.38 bits per heavy atom. The number of carbonyl (C=O) groups is 2. The Bertz CT molecular complexity index is 739. The Hall–Kier alpha value is -1.99. The number of nitrogens with one attached hydrogen (secondary N) is 1. The summed E-state index contributed by atoms with van der Waals surface area (Å²) >= 11 is 8.95. The van der Waals surface area contributed by atoms with Crippen LogP contribution in [0.3, 0.4) is 0 Å². The maximum Gasteiger partial charge on any atom is 0.340 e. The molecule has 2 rings (SSSR count). The SMILES string of the molecule is O=C(Nc1cccc(F)c1C(=O)O)c1cc(Br)cnc1Cl. The highest BCUT2D eigenvalue weighted by molar-refractivity contribution is 9.10. The zero-order chi connectivity index (χ0) is 15.6. The Labute approximate surface area is 131 Å². The Morgan fingerprint density at radius 2 is 2.10 bits per heavy atom. The summed E-state index contributed by atoms with van der Waals surface area (Å²) in [7, 11) is 0. The van der Waals surface area contributed by atoms with Crippen molar-refractivity contribution in [3.63, 3.8) is 0 Å². The first-order valence-electron chi connectivity index (χ1n) is 5.54. The monoisotopic (exact) mass is 372 g/mol. The fraction of sp³-hybridized carbons (Fsp3) is 0. The van der Waals surface area contributed by atoms with Gasteiger partial charge in [-0.2, -0.15) is 0 Å². The van der Waals surface area contributed by atoms with Crippen LogP contribution < -0.4 is 5.32 Å². The maximum atomic E-state index is 13.5. The lowest BCUT2D eigenvalue weighted by Gasteiger charge is -2.10. The lowest BCUT2D eigenvalue weighted by Crippen LogP contribution is -2.16. The molecule has 5 nitrogen and oxygen atoms in total. The van der Waals surface area contributed by atoms with E-state index in [1.165, 1.54) is 24.4 Å². The van der Waals surface area contributed by atoms with E-state index in [4.69, 9.17) is 16.7 Å². The molecular formula is C13H7BrClFN2O3. The molecule has 8 heteroatoms. The van der Waals surface area contributed by atoms with E-state index in [0.717, 1.165) is 6.07 Å². The number of hydrogen-bond donors (Lipinski definition) is 2. The average Bonchev–Trinajstić information content (AvgIpc) is 2.41. The highest BCUT2D eigenvalue weighted by Crippen LogP contribution is 2.22. The Morgan fingerprint density at radius 3 is 2.76 bits per heavy atom. The normalized spacial score (nSPS) is 10.2. The first kappa shape index (κ1) is 15.4. The predicted octanol–water partition coefficient (Wildman–Crippen LogP) is 3.59. The van der Waals surface area contributed by atoms with Gasteiger partial charge in [0.25, 0.3) is 5.91 Å². The van der Waals surface area contributed by atoms with Gasteiger partial charge < -0.3 is 10.4 Å². The second-order valence-corrected chi connectivity index (χ2v) is 5.19. The molecular weight excluding hydrogens is 367 g/mol. The number of amides is 1. The molecule has 2 aromatic rings. The number of carboxylic acid groups (broad SMARTS) is 1. The topological polar surface area (TPSA) is 79.3 Å². The van der Waals surface area contributed by atoms with E-state index in [1.807, 2.05) is 0 Å². The lowest BCUT2D eigenvalue weighted by atomic mass is 10.1. The van der Waals surface area contributed by atoms with E-state index < -0.39 is 23.3 Å². The van der Waals surface area contributed by atoms with Crippen LogP contribution in [0, 0.1) is 5.82 Å². The van der Waals surface area contributed by atoms with Crippen LogP contribution in [0.25, 0.3) is 0 Å². The average molecular weight is 374 g/mol. The van der Waals surface area contributed by atoms with Crippen LogP contribution in [-0.2, 0) is 0 Å². The zero-order valence-electron chi connectivity index (χ0n) is 10.2. The van der Waals surface area contributed by atoms with Crippen molar-refractivity contribution < 1.29 is 19.1 Å². The number of halogens is 3. The first-order chi connectivity index (χ1) is 9.90. The van der Waals surface area contributed by atoms with Gasteiger partial charge in [-0.25, -0.2) is 14.2 Å². The molecule has 0 saturated heterocycles. The molecule has 0 bridgehead atoms. The minimum absolute atomic E-state index is 0.0339. The molecule has 1 heterocycles. The Balaban J connectivity index is 2.39. The number of aromatic carboxylic acids is 1. The molecule has 1 aromatic heterocycles. The summed E-state index contributed by atoms with van der Waals surface area (Å²) in [6.07, 6.45) is 1.41.